The maximum absolute atomic E-state index is 13.7. The van der Waals surface area contributed by atoms with Crippen molar-refractivity contribution in [1.29, 1.82) is 0 Å². The van der Waals surface area contributed by atoms with E-state index in [4.69, 9.17) is 4.74 Å². The van der Waals surface area contributed by atoms with Crippen LogP contribution in [0, 0.1) is 11.8 Å². The van der Waals surface area contributed by atoms with Crippen molar-refractivity contribution in [2.24, 2.45) is 16.2 Å². The Bertz CT molecular complexity index is 1340. The summed E-state index contributed by atoms with van der Waals surface area (Å²) in [4.78, 5) is 15.3. The van der Waals surface area contributed by atoms with Gasteiger partial charge in [0.15, 0.2) is 5.84 Å². The summed E-state index contributed by atoms with van der Waals surface area (Å²) in [5.74, 6) is -1.09. The van der Waals surface area contributed by atoms with E-state index in [1.54, 1.807) is 10.3 Å². The first kappa shape index (κ1) is 24.7. The maximum atomic E-state index is 13.7. The number of amidine groups is 1. The molecule has 35 heavy (non-hydrogen) atoms. The summed E-state index contributed by atoms with van der Waals surface area (Å²) in [5, 5.41) is 16.0. The Hall–Kier alpha value is -1.96. The van der Waals surface area contributed by atoms with Crippen molar-refractivity contribution in [2.45, 2.75) is 62.7 Å². The minimum Gasteiger partial charge on any atom is -0.511 e. The van der Waals surface area contributed by atoms with Gasteiger partial charge in [0.25, 0.3) is 15.9 Å². The molecule has 13 heteroatoms. The molecule has 0 radical (unpaired) electrons. The number of hydrogen-bond acceptors (Lipinski definition) is 9. The van der Waals surface area contributed by atoms with Gasteiger partial charge in [0.1, 0.15) is 31.1 Å². The van der Waals surface area contributed by atoms with E-state index in [-0.39, 0.29) is 57.5 Å². The minimum absolute atomic E-state index is 0.0381. The zero-order valence-corrected chi connectivity index (χ0v) is 22.2. The van der Waals surface area contributed by atoms with Gasteiger partial charge in [0, 0.05) is 12.8 Å². The van der Waals surface area contributed by atoms with Crippen LogP contribution in [0.1, 0.15) is 38.7 Å². The second kappa shape index (κ2) is 8.56. The fourth-order valence-corrected chi connectivity index (χ4v) is 8.70. The Morgan fingerprint density at radius 1 is 1.31 bits per heavy atom. The van der Waals surface area contributed by atoms with Gasteiger partial charge < -0.3 is 20.1 Å². The van der Waals surface area contributed by atoms with Crippen LogP contribution in [0.15, 0.2) is 26.0 Å². The van der Waals surface area contributed by atoms with Gasteiger partial charge >= 0.3 is 0 Å². The minimum atomic E-state index is -4.22. The summed E-state index contributed by atoms with van der Waals surface area (Å²) >= 11 is 1.10. The van der Waals surface area contributed by atoms with Crippen LogP contribution < -0.4 is 5.32 Å². The van der Waals surface area contributed by atoms with Gasteiger partial charge in [-0.3, -0.25) is 4.79 Å². The van der Waals surface area contributed by atoms with Crippen molar-refractivity contribution < 1.29 is 31.5 Å². The maximum Gasteiger partial charge on any atom is 0.287 e. The fraction of sp³-hybridized carbons (Fsp3) is 0.636. The molecule has 0 aliphatic carbocycles. The highest BCUT2D eigenvalue weighted by atomic mass is 32.2. The molecule has 2 fully saturated rings. The van der Waals surface area contributed by atoms with Gasteiger partial charge in [0.05, 0.1) is 29.9 Å². The molecule has 1 amide bonds. The van der Waals surface area contributed by atoms with E-state index in [9.17, 15) is 26.7 Å². The molecule has 10 nitrogen and oxygen atoms in total. The highest BCUT2D eigenvalue weighted by Gasteiger charge is 2.58. The van der Waals surface area contributed by atoms with Crippen LogP contribution in [0.5, 0.6) is 0 Å². The van der Waals surface area contributed by atoms with Crippen LogP contribution in [0.3, 0.4) is 0 Å². The van der Waals surface area contributed by atoms with E-state index >= 15 is 0 Å². The van der Waals surface area contributed by atoms with E-state index < -0.39 is 31.7 Å². The molecule has 5 rings (SSSR count). The number of hydrogen-bond donors (Lipinski definition) is 2. The lowest BCUT2D eigenvalue weighted by molar-refractivity contribution is -0.132. The second-order valence-electron chi connectivity index (χ2n) is 10.1. The zero-order chi connectivity index (χ0) is 25.3. The first-order chi connectivity index (χ1) is 16.4. The quantitative estimate of drug-likeness (QED) is 0.532. The van der Waals surface area contributed by atoms with Gasteiger partial charge in [-0.05, 0) is 42.5 Å². The van der Waals surface area contributed by atoms with E-state index in [1.165, 1.54) is 0 Å². The lowest BCUT2D eigenvalue weighted by Gasteiger charge is -2.42. The van der Waals surface area contributed by atoms with Crippen LogP contribution in [0.25, 0.3) is 0 Å². The third-order valence-electron chi connectivity index (χ3n) is 7.09. The topological polar surface area (TPSA) is 142 Å². The number of carbonyl (C=O) groups is 1. The van der Waals surface area contributed by atoms with Crippen molar-refractivity contribution >= 4 is 47.9 Å². The smallest absolute Gasteiger partial charge is 0.287 e. The third-order valence-corrected chi connectivity index (χ3v) is 10.5. The average Bonchev–Trinajstić information content (AvgIpc) is 3.46. The normalized spacial score (nSPS) is 29.3. The number of sulfonamides is 1. The van der Waals surface area contributed by atoms with Crippen molar-refractivity contribution in [2.75, 3.05) is 23.9 Å². The van der Waals surface area contributed by atoms with Crippen molar-refractivity contribution in [3.05, 3.63) is 22.3 Å². The summed E-state index contributed by atoms with van der Waals surface area (Å²) in [7, 11) is -7.51. The van der Waals surface area contributed by atoms with Crippen LogP contribution >= 0.6 is 11.3 Å². The number of thiophene rings is 1. The molecule has 2 bridgehead atoms. The van der Waals surface area contributed by atoms with E-state index in [0.717, 1.165) is 36.9 Å². The summed E-state index contributed by atoms with van der Waals surface area (Å²) in [6, 6.07) is -0.274. The summed E-state index contributed by atoms with van der Waals surface area (Å²) in [6.45, 7) is 4.61. The molecular formula is C22H29N3O7S3. The second-order valence-corrected chi connectivity index (χ2v) is 14.8. The number of aliphatic hydroxyl groups is 1. The lowest BCUT2D eigenvalue weighted by atomic mass is 9.77. The number of ether oxygens (including phenoxy) is 1. The highest BCUT2D eigenvalue weighted by molar-refractivity contribution is 7.91. The molecule has 0 saturated carbocycles. The fourth-order valence-electron chi connectivity index (χ4n) is 5.44. The number of nitrogens with zero attached hydrogens (tertiary/aromatic N) is 2. The largest absolute Gasteiger partial charge is 0.511 e. The number of rotatable bonds is 7. The van der Waals surface area contributed by atoms with E-state index in [0.29, 0.717) is 18.0 Å². The Labute approximate surface area is 209 Å². The number of fused-ring (bicyclic) bond motifs is 6. The highest BCUT2D eigenvalue weighted by Crippen LogP contribution is 2.48. The van der Waals surface area contributed by atoms with Gasteiger partial charge in [-0.15, -0.1) is 15.7 Å². The van der Waals surface area contributed by atoms with Gasteiger partial charge in [-0.2, -0.15) is 8.42 Å². The number of amides is 1. The van der Waals surface area contributed by atoms with Crippen LogP contribution in [-0.2, 0) is 35.8 Å². The van der Waals surface area contributed by atoms with Gasteiger partial charge in [-0.1, -0.05) is 13.8 Å². The molecular weight excluding hydrogens is 514 g/mol. The van der Waals surface area contributed by atoms with Crippen molar-refractivity contribution in [3.8, 4) is 0 Å². The molecule has 192 valence electrons. The van der Waals surface area contributed by atoms with Gasteiger partial charge in [-0.25, -0.2) is 8.42 Å². The molecule has 4 aliphatic rings. The molecule has 2 saturated heterocycles. The first-order valence-corrected chi connectivity index (χ1v) is 16.1. The SMILES string of the molecule is CC(C)CCN1C(=O)C(C2=NS(=O)(=O)c3c(CCS(C)(=O)=O)csc3N2)=C(O)C2C3CCC(O3)C21. The van der Waals surface area contributed by atoms with Crippen molar-refractivity contribution in [1.82, 2.24) is 4.90 Å². The Morgan fingerprint density at radius 2 is 2.03 bits per heavy atom. The van der Waals surface area contributed by atoms with Crippen LogP contribution in [-0.4, -0.2) is 75.4 Å². The Balaban J connectivity index is 1.53. The molecule has 1 aromatic rings. The number of sulfone groups is 1. The van der Waals surface area contributed by atoms with Gasteiger partial charge in [0.2, 0.25) is 0 Å². The lowest BCUT2D eigenvalue weighted by Crippen LogP contribution is -2.56. The molecule has 4 atom stereocenters. The molecule has 1 aromatic heterocycles. The monoisotopic (exact) mass is 543 g/mol. The number of anilines is 1. The Morgan fingerprint density at radius 3 is 2.71 bits per heavy atom. The third kappa shape index (κ3) is 4.30. The van der Waals surface area contributed by atoms with E-state index in [2.05, 4.69) is 23.6 Å². The molecule has 5 heterocycles. The number of nitrogens with one attached hydrogen (secondary N) is 1. The number of aliphatic hydroxyl groups excluding tert-OH is 1. The summed E-state index contributed by atoms with van der Waals surface area (Å²) in [5.41, 5.74) is 0.227. The average molecular weight is 544 g/mol. The summed E-state index contributed by atoms with van der Waals surface area (Å²) in [6.07, 6.45) is 3.12. The molecule has 0 aromatic carbocycles. The predicted octanol–water partition coefficient (Wildman–Crippen LogP) is 2.09. The number of carbonyl (C=O) groups excluding carboxylic acids is 1. The molecule has 4 aliphatic heterocycles. The predicted molar refractivity (Wildman–Crippen MR) is 132 cm³/mol. The molecule has 0 spiro atoms. The molecule has 2 N–H and O–H groups in total. The first-order valence-electron chi connectivity index (χ1n) is 11.7. The standard InChI is InChI=1S/C22H29N3O7S3/c1-11(2)6-8-25-17-14-5-4-13(32-14)15(17)18(26)16(22(25)27)20-23-21-19(35(30,31)24-20)12(10-33-21)7-9-34(3,28)29/h10-11,13-15,17,26H,4-9H2,1-3H3,(H,23,24). The summed E-state index contributed by atoms with van der Waals surface area (Å²) < 4.78 is 59.5. The Kier molecular flexibility index (Phi) is 6.05. The van der Waals surface area contributed by atoms with Crippen molar-refractivity contribution in [3.63, 3.8) is 0 Å². The van der Waals surface area contributed by atoms with E-state index in [1.807, 2.05) is 0 Å². The van der Waals surface area contributed by atoms with Crippen LogP contribution in [0.4, 0.5) is 5.00 Å². The molecule has 4 unspecified atom stereocenters. The zero-order valence-electron chi connectivity index (χ0n) is 19.7. The number of aryl methyl sites for hydroxylation is 1. The van der Waals surface area contributed by atoms with Crippen LogP contribution in [0.2, 0.25) is 0 Å².